The van der Waals surface area contributed by atoms with E-state index >= 15 is 0 Å². The van der Waals surface area contributed by atoms with Crippen LogP contribution in [-0.2, 0) is 11.3 Å². The van der Waals surface area contributed by atoms with Gasteiger partial charge < -0.3 is 4.90 Å². The predicted molar refractivity (Wildman–Crippen MR) is 93.1 cm³/mol. The zero-order valence-electron chi connectivity index (χ0n) is 14.2. The van der Waals surface area contributed by atoms with Crippen molar-refractivity contribution < 1.29 is 4.79 Å². The molecule has 1 aliphatic heterocycles. The fourth-order valence-electron chi connectivity index (χ4n) is 3.01. The molecule has 0 spiro atoms. The second-order valence-corrected chi connectivity index (χ2v) is 7.31. The number of pyridine rings is 1. The van der Waals surface area contributed by atoms with Crippen LogP contribution in [0.3, 0.4) is 0 Å². The molecule has 0 aliphatic carbocycles. The summed E-state index contributed by atoms with van der Waals surface area (Å²) in [5.74, 6) is 0.251. The zero-order valence-corrected chi connectivity index (χ0v) is 14.2. The number of rotatable bonds is 2. The van der Waals surface area contributed by atoms with E-state index in [0.717, 1.165) is 43.9 Å². The molecule has 4 heteroatoms. The number of nitrogens with zero attached hydrogens (tertiary/aromatic N) is 3. The van der Waals surface area contributed by atoms with Crippen LogP contribution in [0, 0.1) is 5.41 Å². The van der Waals surface area contributed by atoms with Gasteiger partial charge in [0.25, 0.3) is 0 Å². The van der Waals surface area contributed by atoms with Gasteiger partial charge in [-0.25, -0.2) is 0 Å². The molecule has 0 atom stereocenters. The third-order valence-corrected chi connectivity index (χ3v) is 4.34. The first-order valence-corrected chi connectivity index (χ1v) is 8.30. The summed E-state index contributed by atoms with van der Waals surface area (Å²) in [4.78, 5) is 21.4. The van der Waals surface area contributed by atoms with Crippen molar-refractivity contribution in [1.29, 1.82) is 0 Å². The van der Waals surface area contributed by atoms with Crippen LogP contribution in [0.2, 0.25) is 0 Å². The van der Waals surface area contributed by atoms with Crippen molar-refractivity contribution >= 4 is 16.8 Å². The van der Waals surface area contributed by atoms with Crippen LogP contribution in [-0.4, -0.2) is 46.9 Å². The van der Waals surface area contributed by atoms with Crippen LogP contribution in [0.5, 0.6) is 0 Å². The van der Waals surface area contributed by atoms with Gasteiger partial charge in [-0.2, -0.15) is 0 Å². The second-order valence-electron chi connectivity index (χ2n) is 7.31. The zero-order chi connectivity index (χ0) is 16.4. The molecule has 122 valence electrons. The largest absolute Gasteiger partial charge is 0.340 e. The van der Waals surface area contributed by atoms with Crippen molar-refractivity contribution in [1.82, 2.24) is 14.8 Å². The van der Waals surface area contributed by atoms with E-state index in [-0.39, 0.29) is 11.3 Å². The molecule has 1 aromatic heterocycles. The smallest absolute Gasteiger partial charge is 0.228 e. The van der Waals surface area contributed by atoms with Crippen molar-refractivity contribution in [2.24, 2.45) is 5.41 Å². The highest BCUT2D eigenvalue weighted by Crippen LogP contribution is 2.19. The minimum atomic E-state index is -0.290. The van der Waals surface area contributed by atoms with Gasteiger partial charge in [0.2, 0.25) is 5.91 Å². The van der Waals surface area contributed by atoms with E-state index in [1.807, 2.05) is 37.8 Å². The van der Waals surface area contributed by atoms with Gasteiger partial charge >= 0.3 is 0 Å². The van der Waals surface area contributed by atoms with Crippen molar-refractivity contribution in [3.63, 3.8) is 0 Å². The number of hydrogen-bond acceptors (Lipinski definition) is 3. The normalized spacial score (nSPS) is 16.7. The number of hydrogen-bond donors (Lipinski definition) is 0. The highest BCUT2D eigenvalue weighted by atomic mass is 16.2. The summed E-state index contributed by atoms with van der Waals surface area (Å²) in [5.41, 5.74) is 1.85. The molecular formula is C19H25N3O. The quantitative estimate of drug-likeness (QED) is 0.855. The Kier molecular flexibility index (Phi) is 4.35. The van der Waals surface area contributed by atoms with Gasteiger partial charge in [-0.05, 0) is 12.1 Å². The molecule has 4 nitrogen and oxygen atoms in total. The molecule has 1 aliphatic rings. The van der Waals surface area contributed by atoms with Crippen LogP contribution >= 0.6 is 0 Å². The number of carbonyl (C=O) groups is 1. The van der Waals surface area contributed by atoms with Gasteiger partial charge in [-0.15, -0.1) is 0 Å². The van der Waals surface area contributed by atoms with Crippen LogP contribution in [0.4, 0.5) is 0 Å². The minimum Gasteiger partial charge on any atom is -0.340 e. The lowest BCUT2D eigenvalue weighted by atomic mass is 9.94. The average Bonchev–Trinajstić information content (AvgIpc) is 2.54. The Bertz CT molecular complexity index is 697. The molecule has 0 radical (unpaired) electrons. The Morgan fingerprint density at radius 2 is 1.74 bits per heavy atom. The Balaban J connectivity index is 1.61. The molecule has 2 heterocycles. The Labute approximate surface area is 138 Å². The Morgan fingerprint density at radius 1 is 1.04 bits per heavy atom. The fourth-order valence-corrected chi connectivity index (χ4v) is 3.01. The van der Waals surface area contributed by atoms with Crippen molar-refractivity contribution in [2.45, 2.75) is 27.3 Å². The van der Waals surface area contributed by atoms with E-state index in [2.05, 4.69) is 29.2 Å². The SMILES string of the molecule is CC(C)(C)C(=O)N1CCN(Cc2ccc3ccccc3n2)CC1. The summed E-state index contributed by atoms with van der Waals surface area (Å²) < 4.78 is 0. The van der Waals surface area contributed by atoms with Crippen molar-refractivity contribution in [2.75, 3.05) is 26.2 Å². The summed E-state index contributed by atoms with van der Waals surface area (Å²) in [6, 6.07) is 12.4. The van der Waals surface area contributed by atoms with Gasteiger partial charge in [-0.1, -0.05) is 45.0 Å². The van der Waals surface area contributed by atoms with Crippen LogP contribution in [0.25, 0.3) is 10.9 Å². The maximum absolute atomic E-state index is 12.3. The van der Waals surface area contributed by atoms with Gasteiger partial charge in [0.1, 0.15) is 0 Å². The summed E-state index contributed by atoms with van der Waals surface area (Å²) in [6.07, 6.45) is 0. The van der Waals surface area contributed by atoms with Crippen molar-refractivity contribution in [3.8, 4) is 0 Å². The van der Waals surface area contributed by atoms with Crippen molar-refractivity contribution in [3.05, 3.63) is 42.1 Å². The summed E-state index contributed by atoms with van der Waals surface area (Å²) >= 11 is 0. The molecule has 0 unspecified atom stereocenters. The van der Waals surface area contributed by atoms with E-state index in [0.29, 0.717) is 0 Å². The molecule has 3 rings (SSSR count). The molecule has 1 aromatic carbocycles. The van der Waals surface area contributed by atoms with Gasteiger partial charge in [0, 0.05) is 43.5 Å². The monoisotopic (exact) mass is 311 g/mol. The number of carbonyl (C=O) groups excluding carboxylic acids is 1. The van der Waals surface area contributed by atoms with Gasteiger partial charge in [0.15, 0.2) is 0 Å². The third kappa shape index (κ3) is 3.70. The van der Waals surface area contributed by atoms with Crippen LogP contribution < -0.4 is 0 Å². The summed E-state index contributed by atoms with van der Waals surface area (Å²) in [7, 11) is 0. The van der Waals surface area contributed by atoms with E-state index in [1.165, 1.54) is 5.39 Å². The van der Waals surface area contributed by atoms with Gasteiger partial charge in [-0.3, -0.25) is 14.7 Å². The number of para-hydroxylation sites is 1. The first-order valence-electron chi connectivity index (χ1n) is 8.30. The lowest BCUT2D eigenvalue weighted by Crippen LogP contribution is -2.51. The molecule has 2 aromatic rings. The first kappa shape index (κ1) is 15.9. The maximum atomic E-state index is 12.3. The number of benzene rings is 1. The molecule has 1 fully saturated rings. The maximum Gasteiger partial charge on any atom is 0.228 e. The second kappa shape index (κ2) is 6.28. The molecule has 0 N–H and O–H groups in total. The number of piperazine rings is 1. The lowest BCUT2D eigenvalue weighted by Gasteiger charge is -2.37. The Hall–Kier alpha value is -1.94. The summed E-state index contributed by atoms with van der Waals surface area (Å²) in [5, 5.41) is 1.18. The third-order valence-electron chi connectivity index (χ3n) is 4.34. The lowest BCUT2D eigenvalue weighted by molar-refractivity contribution is -0.141. The van der Waals surface area contributed by atoms with Gasteiger partial charge in [0.05, 0.1) is 11.2 Å². The van der Waals surface area contributed by atoms with E-state index in [4.69, 9.17) is 4.98 Å². The topological polar surface area (TPSA) is 36.4 Å². The molecule has 0 saturated carbocycles. The number of fused-ring (bicyclic) bond motifs is 1. The fraction of sp³-hybridized carbons (Fsp3) is 0.474. The first-order chi connectivity index (χ1) is 10.9. The van der Waals surface area contributed by atoms with E-state index in [1.54, 1.807) is 0 Å². The number of aromatic nitrogens is 1. The average molecular weight is 311 g/mol. The van der Waals surface area contributed by atoms with Crippen LogP contribution in [0.1, 0.15) is 26.5 Å². The highest BCUT2D eigenvalue weighted by Gasteiger charge is 2.29. The van der Waals surface area contributed by atoms with Crippen LogP contribution in [0.15, 0.2) is 36.4 Å². The highest BCUT2D eigenvalue weighted by molar-refractivity contribution is 5.81. The molecule has 0 bridgehead atoms. The minimum absolute atomic E-state index is 0.251. The van der Waals surface area contributed by atoms with E-state index < -0.39 is 0 Å². The standard InChI is InChI=1S/C19H25N3O/c1-19(2,3)18(23)22-12-10-21(11-13-22)14-16-9-8-15-6-4-5-7-17(15)20-16/h4-9H,10-14H2,1-3H3. The molecular weight excluding hydrogens is 286 g/mol. The Morgan fingerprint density at radius 3 is 2.43 bits per heavy atom. The summed E-state index contributed by atoms with van der Waals surface area (Å²) in [6.45, 7) is 10.3. The predicted octanol–water partition coefficient (Wildman–Crippen LogP) is 2.93. The molecule has 1 amide bonds. The molecule has 1 saturated heterocycles. The number of amides is 1. The van der Waals surface area contributed by atoms with E-state index in [9.17, 15) is 4.79 Å². The molecule has 23 heavy (non-hydrogen) atoms.